The van der Waals surface area contributed by atoms with Gasteiger partial charge in [0.1, 0.15) is 0 Å². The summed E-state index contributed by atoms with van der Waals surface area (Å²) in [6, 6.07) is 0. The number of hydrogen-bond acceptors (Lipinski definition) is 4. The molecule has 3 rings (SSSR count). The van der Waals surface area contributed by atoms with Crippen molar-refractivity contribution in [1.29, 1.82) is 0 Å². The first kappa shape index (κ1) is 17.0. The van der Waals surface area contributed by atoms with E-state index in [9.17, 15) is 0 Å². The fourth-order valence-corrected chi connectivity index (χ4v) is 1.87. The van der Waals surface area contributed by atoms with E-state index in [1.807, 2.05) is 0 Å². The highest BCUT2D eigenvalue weighted by Crippen LogP contribution is 1.91. The molecule has 17 heavy (non-hydrogen) atoms. The molecule has 4 nitrogen and oxygen atoms in total. The van der Waals surface area contributed by atoms with Crippen LogP contribution < -0.4 is 16.0 Å². The molecule has 0 amide bonds. The van der Waals surface area contributed by atoms with Gasteiger partial charge in [-0.3, -0.25) is 0 Å². The lowest BCUT2D eigenvalue weighted by Crippen LogP contribution is -2.03. The van der Waals surface area contributed by atoms with Gasteiger partial charge >= 0.3 is 9.12 Å². The van der Waals surface area contributed by atoms with Crippen molar-refractivity contribution in [2.45, 2.75) is 38.5 Å². The summed E-state index contributed by atoms with van der Waals surface area (Å²) in [6.45, 7) is 7.50. The molecule has 0 aromatic carbocycles. The molecule has 0 bridgehead atoms. The van der Waals surface area contributed by atoms with E-state index in [2.05, 4.69) is 16.0 Å². The molecule has 5 heteroatoms. The Morgan fingerprint density at radius 3 is 0.706 bits per heavy atom. The van der Waals surface area contributed by atoms with Crippen LogP contribution in [0.25, 0.3) is 0 Å². The van der Waals surface area contributed by atoms with Gasteiger partial charge in [0.05, 0.1) is 0 Å². The Labute approximate surface area is 108 Å². The summed E-state index contributed by atoms with van der Waals surface area (Å²) in [5.41, 5.74) is 0. The molecule has 1 atom stereocenters. The molecule has 0 aromatic heterocycles. The quantitative estimate of drug-likeness (QED) is 0.576. The summed E-state index contributed by atoms with van der Waals surface area (Å²) in [4.78, 5) is 0. The Hall–Kier alpha value is -0.0200. The first-order chi connectivity index (χ1) is 8.50. The standard InChI is InChI=1S/3C4H9N.H2OP/c3*1-2-4-5-3-1;1-2/h3*5H,1-4H2;2H2/q;;;+1. The van der Waals surface area contributed by atoms with Gasteiger partial charge in [0, 0.05) is 0 Å². The molecule has 0 aliphatic carbocycles. The molecule has 3 fully saturated rings. The Morgan fingerprint density at radius 2 is 0.647 bits per heavy atom. The summed E-state index contributed by atoms with van der Waals surface area (Å²) in [5, 5.41) is 9.67. The normalized spacial score (nSPS) is 21.4. The zero-order valence-corrected chi connectivity index (χ0v) is 12.1. The van der Waals surface area contributed by atoms with Gasteiger partial charge in [0.15, 0.2) is 0 Å². The van der Waals surface area contributed by atoms with E-state index in [0.29, 0.717) is 0 Å². The van der Waals surface area contributed by atoms with Crippen LogP contribution in [0.4, 0.5) is 0 Å². The van der Waals surface area contributed by atoms with Crippen molar-refractivity contribution in [1.82, 2.24) is 16.0 Å². The van der Waals surface area contributed by atoms with Crippen LogP contribution in [0, 0.1) is 0 Å². The average Bonchev–Trinajstić information content (AvgIpc) is 3.16. The van der Waals surface area contributed by atoms with Crippen molar-refractivity contribution in [3.63, 3.8) is 0 Å². The van der Waals surface area contributed by atoms with E-state index >= 15 is 0 Å². The smallest absolute Gasteiger partial charge is 0.310 e. The van der Waals surface area contributed by atoms with E-state index in [0.717, 1.165) is 0 Å². The third-order valence-electron chi connectivity index (χ3n) is 2.87. The lowest BCUT2D eigenvalue weighted by molar-refractivity contribution is 0.607. The molecule has 0 saturated carbocycles. The van der Waals surface area contributed by atoms with Crippen LogP contribution in [0.15, 0.2) is 0 Å². The molecule has 3 aliphatic rings. The lowest BCUT2D eigenvalue weighted by atomic mass is 10.4. The number of rotatable bonds is 0. The second-order valence-corrected chi connectivity index (χ2v) is 4.37. The highest BCUT2D eigenvalue weighted by molar-refractivity contribution is 7.00. The van der Waals surface area contributed by atoms with Gasteiger partial charge in [-0.15, -0.1) is 0 Å². The predicted octanol–water partition coefficient (Wildman–Crippen LogP) is 1.32. The largest absolute Gasteiger partial charge is 0.317 e. The van der Waals surface area contributed by atoms with Crippen molar-refractivity contribution < 1.29 is 4.57 Å². The summed E-state index contributed by atoms with van der Waals surface area (Å²) < 4.78 is 8.17. The Bertz CT molecular complexity index is 91.1. The van der Waals surface area contributed by atoms with E-state index in [1.54, 1.807) is 0 Å². The molecule has 102 valence electrons. The van der Waals surface area contributed by atoms with Gasteiger partial charge in [-0.25, -0.2) is 0 Å². The van der Waals surface area contributed by atoms with Gasteiger partial charge in [0.25, 0.3) is 0 Å². The SMILES string of the molecule is C1CCNC1.C1CCNC1.C1CCNC1.O=[PH2+]. The highest BCUT2D eigenvalue weighted by atomic mass is 31.0. The molecule has 3 heterocycles. The van der Waals surface area contributed by atoms with E-state index in [1.165, 1.54) is 86.9 Å². The lowest BCUT2D eigenvalue weighted by Gasteiger charge is -1.76. The monoisotopic (exact) mass is 262 g/mol. The molecule has 1 unspecified atom stereocenters. The van der Waals surface area contributed by atoms with Crippen molar-refractivity contribution >= 4 is 9.12 Å². The molecule has 0 spiro atoms. The fraction of sp³-hybridized carbons (Fsp3) is 1.00. The molecule has 0 aromatic rings. The predicted molar refractivity (Wildman–Crippen MR) is 76.7 cm³/mol. The molecule has 0 radical (unpaired) electrons. The van der Waals surface area contributed by atoms with Gasteiger partial charge < -0.3 is 16.0 Å². The maximum absolute atomic E-state index is 8.17. The van der Waals surface area contributed by atoms with Crippen LogP contribution in [0.2, 0.25) is 0 Å². The Morgan fingerprint density at radius 1 is 0.471 bits per heavy atom. The van der Waals surface area contributed by atoms with Crippen molar-refractivity contribution in [3.05, 3.63) is 0 Å². The molecular formula is C12H29N3OP+. The number of nitrogens with one attached hydrogen (secondary N) is 3. The molecule has 3 saturated heterocycles. The van der Waals surface area contributed by atoms with E-state index in [-0.39, 0.29) is 0 Å². The zero-order valence-electron chi connectivity index (χ0n) is 11.0. The minimum Gasteiger partial charge on any atom is -0.317 e. The summed E-state index contributed by atoms with van der Waals surface area (Å²) >= 11 is 0. The van der Waals surface area contributed by atoms with Gasteiger partial charge in [-0.1, -0.05) is 4.57 Å². The van der Waals surface area contributed by atoms with E-state index < -0.39 is 0 Å². The number of hydrogen-bond donors (Lipinski definition) is 3. The van der Waals surface area contributed by atoms with Gasteiger partial charge in [-0.05, 0) is 77.8 Å². The van der Waals surface area contributed by atoms with Crippen LogP contribution in [0.1, 0.15) is 38.5 Å². The second-order valence-electron chi connectivity index (χ2n) is 4.37. The van der Waals surface area contributed by atoms with Crippen molar-refractivity contribution in [2.24, 2.45) is 0 Å². The highest BCUT2D eigenvalue weighted by Gasteiger charge is 1.94. The van der Waals surface area contributed by atoms with Crippen LogP contribution in [0.5, 0.6) is 0 Å². The first-order valence-electron chi connectivity index (χ1n) is 6.86. The van der Waals surface area contributed by atoms with Crippen LogP contribution >= 0.6 is 9.12 Å². The summed E-state index contributed by atoms with van der Waals surface area (Å²) in [7, 11) is 1.17. The van der Waals surface area contributed by atoms with Crippen molar-refractivity contribution in [3.8, 4) is 0 Å². The minimum absolute atomic E-state index is 1.17. The minimum atomic E-state index is 1.17. The van der Waals surface area contributed by atoms with E-state index in [4.69, 9.17) is 4.57 Å². The van der Waals surface area contributed by atoms with Crippen LogP contribution in [0.3, 0.4) is 0 Å². The maximum atomic E-state index is 8.17. The van der Waals surface area contributed by atoms with Gasteiger partial charge in [-0.2, -0.15) is 0 Å². The molecule has 3 aliphatic heterocycles. The summed E-state index contributed by atoms with van der Waals surface area (Å²) in [5.74, 6) is 0. The van der Waals surface area contributed by atoms with Crippen molar-refractivity contribution in [2.75, 3.05) is 39.3 Å². The second kappa shape index (κ2) is 16.0. The maximum Gasteiger partial charge on any atom is 0.310 e. The fourth-order valence-electron chi connectivity index (χ4n) is 1.87. The Balaban J connectivity index is 0.000000211. The topological polar surface area (TPSA) is 53.2 Å². The zero-order chi connectivity index (χ0) is 12.6. The summed E-state index contributed by atoms with van der Waals surface area (Å²) in [6.07, 6.45) is 8.33. The third-order valence-corrected chi connectivity index (χ3v) is 2.87. The van der Waals surface area contributed by atoms with Gasteiger partial charge in [0.2, 0.25) is 0 Å². The molecule has 3 N–H and O–H groups in total. The first-order valence-corrected chi connectivity index (χ1v) is 7.33. The Kier molecular flexibility index (Phi) is 16.0. The van der Waals surface area contributed by atoms with Crippen LogP contribution in [-0.4, -0.2) is 39.3 Å². The molecular weight excluding hydrogens is 233 g/mol. The van der Waals surface area contributed by atoms with Crippen LogP contribution in [-0.2, 0) is 4.57 Å². The average molecular weight is 262 g/mol. The third kappa shape index (κ3) is 13.9.